The highest BCUT2D eigenvalue weighted by atomic mass is 15.3. The largest absolute Gasteiger partial charge is 0.370 e. The van der Waals surface area contributed by atoms with Gasteiger partial charge in [0.1, 0.15) is 12.1 Å². The second-order valence-electron chi connectivity index (χ2n) is 4.49. The molecule has 5 heteroatoms. The molecule has 0 aromatic carbocycles. The van der Waals surface area contributed by atoms with Gasteiger partial charge in [-0.3, -0.25) is 0 Å². The number of aromatic nitrogens is 4. The van der Waals surface area contributed by atoms with Gasteiger partial charge in [0.05, 0.1) is 0 Å². The van der Waals surface area contributed by atoms with Gasteiger partial charge in [0.15, 0.2) is 5.82 Å². The predicted molar refractivity (Wildman–Crippen MR) is 72.0 cm³/mol. The van der Waals surface area contributed by atoms with Gasteiger partial charge in [-0.15, -0.1) is 0 Å². The van der Waals surface area contributed by atoms with Crippen molar-refractivity contribution in [3.05, 3.63) is 30.4 Å². The van der Waals surface area contributed by atoms with Crippen molar-refractivity contribution in [3.8, 4) is 5.82 Å². The summed E-state index contributed by atoms with van der Waals surface area (Å²) >= 11 is 0. The Kier molecular flexibility index (Phi) is 3.92. The Balaban J connectivity index is 2.46. The van der Waals surface area contributed by atoms with Crippen LogP contribution < -0.4 is 5.32 Å². The summed E-state index contributed by atoms with van der Waals surface area (Å²) in [5.41, 5.74) is 1.11. The Hall–Kier alpha value is -1.91. The van der Waals surface area contributed by atoms with E-state index in [1.165, 1.54) is 0 Å². The Morgan fingerprint density at radius 3 is 2.78 bits per heavy atom. The number of hydrogen-bond donors (Lipinski definition) is 1. The van der Waals surface area contributed by atoms with Crippen LogP contribution in [-0.2, 0) is 0 Å². The maximum atomic E-state index is 4.36. The number of nitrogens with one attached hydrogen (secondary N) is 1. The Bertz CT molecular complexity index is 490. The van der Waals surface area contributed by atoms with Gasteiger partial charge in [-0.2, -0.15) is 5.10 Å². The van der Waals surface area contributed by atoms with Crippen LogP contribution in [0.25, 0.3) is 5.82 Å². The molecule has 2 heterocycles. The first-order valence-electron chi connectivity index (χ1n) is 6.32. The molecule has 2 aromatic heterocycles. The second-order valence-corrected chi connectivity index (χ2v) is 4.49. The molecular weight excluding hydrogens is 226 g/mol. The second kappa shape index (κ2) is 5.62. The molecule has 0 amide bonds. The summed E-state index contributed by atoms with van der Waals surface area (Å²) in [6.45, 7) is 7.33. The third kappa shape index (κ3) is 2.50. The summed E-state index contributed by atoms with van der Waals surface area (Å²) in [5.74, 6) is 2.10. The van der Waals surface area contributed by atoms with Crippen LogP contribution in [-0.4, -0.2) is 26.3 Å². The lowest BCUT2D eigenvalue weighted by molar-refractivity contribution is 0.771. The fourth-order valence-corrected chi connectivity index (χ4v) is 1.88. The van der Waals surface area contributed by atoms with Crippen molar-refractivity contribution in [2.45, 2.75) is 33.1 Å². The molecule has 0 saturated carbocycles. The number of anilines is 1. The minimum atomic E-state index is 0.338. The molecule has 18 heavy (non-hydrogen) atoms. The third-order valence-corrected chi connectivity index (χ3v) is 2.70. The Morgan fingerprint density at radius 1 is 1.33 bits per heavy atom. The summed E-state index contributed by atoms with van der Waals surface area (Å²) in [6.07, 6.45) is 6.31. The molecule has 2 rings (SSSR count). The van der Waals surface area contributed by atoms with Gasteiger partial charge >= 0.3 is 0 Å². The first kappa shape index (κ1) is 12.5. The van der Waals surface area contributed by atoms with E-state index in [1.807, 2.05) is 12.3 Å². The fraction of sp³-hybridized carbons (Fsp3) is 0.462. The molecule has 0 aliphatic heterocycles. The van der Waals surface area contributed by atoms with Crippen LogP contribution in [0, 0.1) is 0 Å². The summed E-state index contributed by atoms with van der Waals surface area (Å²) in [7, 11) is 0. The predicted octanol–water partition coefficient (Wildman–Crippen LogP) is 2.61. The molecule has 0 fully saturated rings. The van der Waals surface area contributed by atoms with Crippen molar-refractivity contribution in [1.29, 1.82) is 0 Å². The molecule has 0 atom stereocenters. The molecule has 96 valence electrons. The van der Waals surface area contributed by atoms with Gasteiger partial charge in [0.2, 0.25) is 0 Å². The zero-order valence-corrected chi connectivity index (χ0v) is 11.1. The van der Waals surface area contributed by atoms with Crippen LogP contribution in [0.5, 0.6) is 0 Å². The fourth-order valence-electron chi connectivity index (χ4n) is 1.88. The first-order chi connectivity index (χ1) is 8.74. The van der Waals surface area contributed by atoms with Crippen LogP contribution in [0.3, 0.4) is 0 Å². The molecule has 0 aliphatic rings. The summed E-state index contributed by atoms with van der Waals surface area (Å²) in [5, 5.41) is 7.60. The van der Waals surface area contributed by atoms with E-state index in [0.717, 1.165) is 30.2 Å². The van der Waals surface area contributed by atoms with E-state index >= 15 is 0 Å². The summed E-state index contributed by atoms with van der Waals surface area (Å²) in [4.78, 5) is 8.71. The first-order valence-corrected chi connectivity index (χ1v) is 6.32. The van der Waals surface area contributed by atoms with Crippen molar-refractivity contribution in [2.24, 2.45) is 0 Å². The summed E-state index contributed by atoms with van der Waals surface area (Å²) < 4.78 is 1.79. The van der Waals surface area contributed by atoms with Crippen molar-refractivity contribution < 1.29 is 0 Å². The van der Waals surface area contributed by atoms with Crippen molar-refractivity contribution in [1.82, 2.24) is 19.7 Å². The molecule has 0 radical (unpaired) electrons. The molecule has 2 aromatic rings. The highest BCUT2D eigenvalue weighted by Gasteiger charge is 2.16. The molecule has 0 unspecified atom stereocenters. The van der Waals surface area contributed by atoms with Crippen LogP contribution in [0.4, 0.5) is 5.82 Å². The van der Waals surface area contributed by atoms with Crippen molar-refractivity contribution >= 4 is 5.82 Å². The minimum Gasteiger partial charge on any atom is -0.370 e. The zero-order chi connectivity index (χ0) is 13.0. The van der Waals surface area contributed by atoms with E-state index < -0.39 is 0 Å². The third-order valence-electron chi connectivity index (χ3n) is 2.70. The van der Waals surface area contributed by atoms with Gasteiger partial charge in [0, 0.05) is 24.5 Å². The molecule has 0 spiro atoms. The molecule has 0 aliphatic carbocycles. The van der Waals surface area contributed by atoms with Crippen molar-refractivity contribution in [2.75, 3.05) is 11.9 Å². The smallest absolute Gasteiger partial charge is 0.162 e. The van der Waals surface area contributed by atoms with Gasteiger partial charge in [-0.1, -0.05) is 20.8 Å². The molecule has 1 N–H and O–H groups in total. The zero-order valence-electron chi connectivity index (χ0n) is 11.1. The lowest BCUT2D eigenvalue weighted by Crippen LogP contribution is -2.12. The van der Waals surface area contributed by atoms with Crippen LogP contribution in [0.15, 0.2) is 24.8 Å². The SMILES string of the molecule is CCCNc1ncnc(-n2cccn2)c1C(C)C. The molecular formula is C13H19N5. The Labute approximate surface area is 107 Å². The van der Waals surface area contributed by atoms with Gasteiger partial charge in [-0.05, 0) is 18.4 Å². The van der Waals surface area contributed by atoms with E-state index in [2.05, 4.69) is 41.2 Å². The number of nitrogens with zero attached hydrogens (tertiary/aromatic N) is 4. The molecule has 5 nitrogen and oxygen atoms in total. The van der Waals surface area contributed by atoms with Crippen LogP contribution in [0.1, 0.15) is 38.7 Å². The van der Waals surface area contributed by atoms with Gasteiger partial charge < -0.3 is 5.32 Å². The highest BCUT2D eigenvalue weighted by Crippen LogP contribution is 2.26. The van der Waals surface area contributed by atoms with E-state index in [9.17, 15) is 0 Å². The van der Waals surface area contributed by atoms with Crippen LogP contribution in [0.2, 0.25) is 0 Å². The maximum Gasteiger partial charge on any atom is 0.162 e. The van der Waals surface area contributed by atoms with Crippen LogP contribution >= 0.6 is 0 Å². The van der Waals surface area contributed by atoms with E-state index in [-0.39, 0.29) is 0 Å². The number of rotatable bonds is 5. The average Bonchev–Trinajstić information content (AvgIpc) is 2.89. The number of hydrogen-bond acceptors (Lipinski definition) is 4. The normalized spacial score (nSPS) is 10.9. The average molecular weight is 245 g/mol. The summed E-state index contributed by atoms with van der Waals surface area (Å²) in [6, 6.07) is 1.89. The topological polar surface area (TPSA) is 55.6 Å². The molecule has 0 saturated heterocycles. The molecule has 0 bridgehead atoms. The Morgan fingerprint density at radius 2 is 2.17 bits per heavy atom. The van der Waals surface area contributed by atoms with E-state index in [0.29, 0.717) is 5.92 Å². The van der Waals surface area contributed by atoms with E-state index in [4.69, 9.17) is 0 Å². The standard InChI is InChI=1S/C13H19N5/c1-4-6-14-12-11(10(2)3)13(16-9-15-12)18-8-5-7-17-18/h5,7-10H,4,6H2,1-3H3,(H,14,15,16). The van der Waals surface area contributed by atoms with E-state index in [1.54, 1.807) is 17.2 Å². The lowest BCUT2D eigenvalue weighted by Gasteiger charge is -2.16. The van der Waals surface area contributed by atoms with Gasteiger partial charge in [0.25, 0.3) is 0 Å². The quantitative estimate of drug-likeness (QED) is 0.879. The monoisotopic (exact) mass is 245 g/mol. The lowest BCUT2D eigenvalue weighted by atomic mass is 10.0. The van der Waals surface area contributed by atoms with Gasteiger partial charge in [-0.25, -0.2) is 14.6 Å². The highest BCUT2D eigenvalue weighted by molar-refractivity contribution is 5.53. The maximum absolute atomic E-state index is 4.36. The minimum absolute atomic E-state index is 0.338. The van der Waals surface area contributed by atoms with Crippen molar-refractivity contribution in [3.63, 3.8) is 0 Å².